The molecule has 0 spiro atoms. The third kappa shape index (κ3) is 3.75. The largest absolute Gasteiger partial charge is 0.479 e. The third-order valence-electron chi connectivity index (χ3n) is 6.04. The number of para-hydroxylation sites is 2. The first kappa shape index (κ1) is 20.3. The number of hydrogen-bond donors (Lipinski definition) is 0. The Balaban J connectivity index is 1.28. The summed E-state index contributed by atoms with van der Waals surface area (Å²) in [6.45, 7) is 1.85. The van der Waals surface area contributed by atoms with Crippen molar-refractivity contribution in [3.05, 3.63) is 69.6 Å². The minimum Gasteiger partial charge on any atom is -0.479 e. The summed E-state index contributed by atoms with van der Waals surface area (Å²) in [6, 6.07) is 12.6. The molecule has 0 fully saturated rings. The Morgan fingerprint density at radius 3 is 2.75 bits per heavy atom. The summed E-state index contributed by atoms with van der Waals surface area (Å²) in [5, 5.41) is 0.796. The second kappa shape index (κ2) is 8.15. The fourth-order valence-electron chi connectivity index (χ4n) is 4.44. The number of carbonyl (C=O) groups excluding carboxylic acids is 2. The van der Waals surface area contributed by atoms with Crippen molar-refractivity contribution in [1.29, 1.82) is 0 Å². The quantitative estimate of drug-likeness (QED) is 0.452. The van der Waals surface area contributed by atoms with Crippen molar-refractivity contribution in [1.82, 2.24) is 0 Å². The number of esters is 1. The Bertz CT molecular complexity index is 1280. The van der Waals surface area contributed by atoms with Gasteiger partial charge in [-0.05, 0) is 61.6 Å². The maximum absolute atomic E-state index is 12.6. The lowest BCUT2D eigenvalue weighted by Crippen LogP contribution is -2.45. The predicted molar refractivity (Wildman–Crippen MR) is 118 cm³/mol. The van der Waals surface area contributed by atoms with Crippen molar-refractivity contribution in [2.24, 2.45) is 0 Å². The molecule has 7 nitrogen and oxygen atoms in total. The molecule has 1 atom stereocenters. The summed E-state index contributed by atoms with van der Waals surface area (Å²) in [6.07, 6.45) is 2.48. The lowest BCUT2D eigenvalue weighted by atomic mass is 10.0. The highest BCUT2D eigenvalue weighted by molar-refractivity contribution is 6.00. The van der Waals surface area contributed by atoms with E-state index in [1.807, 2.05) is 24.3 Å². The molecule has 1 aliphatic carbocycles. The van der Waals surface area contributed by atoms with Gasteiger partial charge in [0.25, 0.3) is 5.91 Å². The minimum atomic E-state index is -0.613. The lowest BCUT2D eigenvalue weighted by Gasteiger charge is -2.32. The van der Waals surface area contributed by atoms with Crippen LogP contribution in [0.5, 0.6) is 5.75 Å². The second-order valence-corrected chi connectivity index (χ2v) is 8.19. The van der Waals surface area contributed by atoms with Crippen LogP contribution in [-0.4, -0.2) is 24.5 Å². The van der Waals surface area contributed by atoms with Gasteiger partial charge in [0.2, 0.25) is 0 Å². The second-order valence-electron chi connectivity index (χ2n) is 8.19. The first-order valence-electron chi connectivity index (χ1n) is 10.8. The summed E-state index contributed by atoms with van der Waals surface area (Å²) < 4.78 is 16.5. The first-order valence-corrected chi connectivity index (χ1v) is 10.8. The van der Waals surface area contributed by atoms with Crippen LogP contribution in [0.15, 0.2) is 51.7 Å². The molecule has 164 valence electrons. The van der Waals surface area contributed by atoms with Gasteiger partial charge in [0.1, 0.15) is 17.9 Å². The van der Waals surface area contributed by atoms with Gasteiger partial charge in [-0.3, -0.25) is 9.59 Å². The van der Waals surface area contributed by atoms with Crippen LogP contribution in [0, 0.1) is 0 Å². The molecule has 1 aliphatic heterocycles. The van der Waals surface area contributed by atoms with E-state index in [2.05, 4.69) is 0 Å². The van der Waals surface area contributed by atoms with Crippen LogP contribution in [0.1, 0.15) is 36.5 Å². The zero-order chi connectivity index (χ0) is 22.2. The zero-order valence-corrected chi connectivity index (χ0v) is 17.8. The average Bonchev–Trinajstić information content (AvgIpc) is 3.23. The molecular formula is C25H23NO6. The normalized spacial score (nSPS) is 17.1. The zero-order valence-electron chi connectivity index (χ0n) is 17.8. The highest BCUT2D eigenvalue weighted by Crippen LogP contribution is 2.33. The standard InChI is InChI=1S/C25H23NO6/c1-15-25(29)26(20-7-2-3-8-21(20)31-15)10-9-23(27)30-14-18-13-24(28)32-22-12-17-6-4-5-16(17)11-19(18)22/h2-3,7-8,11-13,15H,4-6,9-10,14H2,1H3. The topological polar surface area (TPSA) is 86.0 Å². The van der Waals surface area contributed by atoms with E-state index >= 15 is 0 Å². The molecular weight excluding hydrogens is 410 g/mol. The third-order valence-corrected chi connectivity index (χ3v) is 6.04. The summed E-state index contributed by atoms with van der Waals surface area (Å²) in [7, 11) is 0. The molecule has 1 amide bonds. The molecule has 0 bridgehead atoms. The summed E-state index contributed by atoms with van der Waals surface area (Å²) in [4.78, 5) is 38.6. The van der Waals surface area contributed by atoms with E-state index in [1.54, 1.807) is 24.0 Å². The molecule has 2 aromatic carbocycles. The van der Waals surface area contributed by atoms with Crippen LogP contribution >= 0.6 is 0 Å². The number of amides is 1. The Morgan fingerprint density at radius 2 is 1.91 bits per heavy atom. The average molecular weight is 433 g/mol. The van der Waals surface area contributed by atoms with Crippen LogP contribution in [-0.2, 0) is 33.8 Å². The van der Waals surface area contributed by atoms with Crippen LogP contribution in [0.2, 0.25) is 0 Å². The number of fused-ring (bicyclic) bond motifs is 3. The van der Waals surface area contributed by atoms with Crippen LogP contribution < -0.4 is 15.3 Å². The van der Waals surface area contributed by atoms with E-state index in [4.69, 9.17) is 13.9 Å². The molecule has 1 unspecified atom stereocenters. The molecule has 7 heteroatoms. The summed E-state index contributed by atoms with van der Waals surface area (Å²) in [5.41, 5.74) is 3.78. The van der Waals surface area contributed by atoms with Crippen molar-refractivity contribution >= 4 is 28.5 Å². The summed E-state index contributed by atoms with van der Waals surface area (Å²) in [5.74, 6) is -0.0306. The highest BCUT2D eigenvalue weighted by Gasteiger charge is 2.31. The Kier molecular flexibility index (Phi) is 5.17. The Morgan fingerprint density at radius 1 is 1.12 bits per heavy atom. The minimum absolute atomic E-state index is 0.0240. The number of aryl methyl sites for hydroxylation is 2. The molecule has 0 N–H and O–H groups in total. The maximum Gasteiger partial charge on any atom is 0.336 e. The van der Waals surface area contributed by atoms with E-state index in [-0.39, 0.29) is 25.5 Å². The number of carbonyl (C=O) groups is 2. The van der Waals surface area contributed by atoms with Crippen molar-refractivity contribution in [3.63, 3.8) is 0 Å². The van der Waals surface area contributed by atoms with Gasteiger partial charge in [0.05, 0.1) is 12.1 Å². The van der Waals surface area contributed by atoms with Crippen molar-refractivity contribution < 1.29 is 23.5 Å². The van der Waals surface area contributed by atoms with Gasteiger partial charge in [-0.25, -0.2) is 4.79 Å². The number of rotatable bonds is 5. The SMILES string of the molecule is CC1Oc2ccccc2N(CCC(=O)OCc2cc(=O)oc3cc4c(cc23)CCC4)C1=O. The van der Waals surface area contributed by atoms with Crippen molar-refractivity contribution in [2.45, 2.75) is 45.3 Å². The van der Waals surface area contributed by atoms with E-state index in [0.717, 1.165) is 24.6 Å². The predicted octanol–water partition coefficient (Wildman–Crippen LogP) is 3.53. The van der Waals surface area contributed by atoms with Crippen molar-refractivity contribution in [2.75, 3.05) is 11.4 Å². The van der Waals surface area contributed by atoms with Crippen molar-refractivity contribution in [3.8, 4) is 5.75 Å². The van der Waals surface area contributed by atoms with E-state index in [1.165, 1.54) is 17.2 Å². The van der Waals surface area contributed by atoms with E-state index in [0.29, 0.717) is 22.6 Å². The van der Waals surface area contributed by atoms with Crippen LogP contribution in [0.25, 0.3) is 11.0 Å². The fourth-order valence-corrected chi connectivity index (χ4v) is 4.44. The molecule has 2 aliphatic rings. The van der Waals surface area contributed by atoms with Gasteiger partial charge in [-0.15, -0.1) is 0 Å². The number of benzene rings is 2. The Hall–Kier alpha value is -3.61. The van der Waals surface area contributed by atoms with Gasteiger partial charge >= 0.3 is 11.6 Å². The van der Waals surface area contributed by atoms with E-state index < -0.39 is 17.7 Å². The van der Waals surface area contributed by atoms with Gasteiger partial charge in [-0.2, -0.15) is 0 Å². The summed E-state index contributed by atoms with van der Waals surface area (Å²) >= 11 is 0. The molecule has 2 heterocycles. The maximum atomic E-state index is 12.6. The molecule has 32 heavy (non-hydrogen) atoms. The lowest BCUT2D eigenvalue weighted by molar-refractivity contribution is -0.144. The smallest absolute Gasteiger partial charge is 0.336 e. The monoisotopic (exact) mass is 433 g/mol. The van der Waals surface area contributed by atoms with E-state index in [9.17, 15) is 14.4 Å². The van der Waals surface area contributed by atoms with Gasteiger partial charge in [0.15, 0.2) is 6.10 Å². The van der Waals surface area contributed by atoms with Crippen LogP contribution in [0.4, 0.5) is 5.69 Å². The number of nitrogens with zero attached hydrogens (tertiary/aromatic N) is 1. The molecule has 3 aromatic rings. The fraction of sp³-hybridized carbons (Fsp3) is 0.320. The number of hydrogen-bond acceptors (Lipinski definition) is 6. The molecule has 5 rings (SSSR count). The van der Waals surface area contributed by atoms with Crippen LogP contribution in [0.3, 0.4) is 0 Å². The number of ether oxygens (including phenoxy) is 2. The van der Waals surface area contributed by atoms with Gasteiger partial charge in [0, 0.05) is 23.6 Å². The molecule has 0 saturated carbocycles. The molecule has 1 aromatic heterocycles. The molecule has 0 saturated heterocycles. The Labute approximate surface area is 184 Å². The van der Waals surface area contributed by atoms with Gasteiger partial charge < -0.3 is 18.8 Å². The van der Waals surface area contributed by atoms with Gasteiger partial charge in [-0.1, -0.05) is 12.1 Å². The first-order chi connectivity index (χ1) is 15.5. The highest BCUT2D eigenvalue weighted by atomic mass is 16.5. The molecule has 0 radical (unpaired) electrons. The number of anilines is 1.